The third-order valence-electron chi connectivity index (χ3n) is 5.45. The molecule has 162 valence electrons. The monoisotopic (exact) mass is 446 g/mol. The van der Waals surface area contributed by atoms with E-state index in [1.807, 2.05) is 41.0 Å². The fourth-order valence-corrected chi connectivity index (χ4v) is 4.04. The van der Waals surface area contributed by atoms with E-state index in [2.05, 4.69) is 45.5 Å². The summed E-state index contributed by atoms with van der Waals surface area (Å²) < 4.78 is 2.01. The van der Waals surface area contributed by atoms with E-state index in [9.17, 15) is 10.4 Å². The van der Waals surface area contributed by atoms with Crippen molar-refractivity contribution >= 4 is 11.6 Å². The Hall–Kier alpha value is -3.47. The van der Waals surface area contributed by atoms with Crippen molar-refractivity contribution < 1.29 is 5.11 Å². The number of unbranched alkanes of at least 4 members (excludes halogenated alkanes) is 1. The van der Waals surface area contributed by atoms with Gasteiger partial charge in [-0.3, -0.25) is 0 Å². The number of aromatic nitrogens is 5. The molecule has 0 amide bonds. The summed E-state index contributed by atoms with van der Waals surface area (Å²) >= 11 is 6.26. The Labute approximate surface area is 191 Å². The molecule has 0 aliphatic carbocycles. The van der Waals surface area contributed by atoms with Gasteiger partial charge in [0.05, 0.1) is 12.3 Å². The van der Waals surface area contributed by atoms with Crippen LogP contribution in [-0.2, 0) is 19.6 Å². The van der Waals surface area contributed by atoms with Crippen molar-refractivity contribution in [2.75, 3.05) is 0 Å². The van der Waals surface area contributed by atoms with Crippen LogP contribution in [0.5, 0.6) is 0 Å². The molecule has 8 heteroatoms. The number of rotatable bonds is 8. The summed E-state index contributed by atoms with van der Waals surface area (Å²) in [5, 5.41) is 30.1. The van der Waals surface area contributed by atoms with Crippen LogP contribution in [0.4, 0.5) is 0 Å². The molecule has 0 aliphatic rings. The van der Waals surface area contributed by atoms with E-state index in [0.717, 1.165) is 47.3 Å². The number of aliphatic hydroxyl groups is 1. The van der Waals surface area contributed by atoms with Crippen LogP contribution in [0.3, 0.4) is 0 Å². The maximum Gasteiger partial charge on any atom is 0.190 e. The van der Waals surface area contributed by atoms with Gasteiger partial charge in [0.2, 0.25) is 0 Å². The highest BCUT2D eigenvalue weighted by Crippen LogP contribution is 2.32. The highest BCUT2D eigenvalue weighted by Gasteiger charge is 2.17. The van der Waals surface area contributed by atoms with Gasteiger partial charge in [0.15, 0.2) is 10.8 Å². The van der Waals surface area contributed by atoms with Gasteiger partial charge in [-0.25, -0.2) is 4.98 Å². The van der Waals surface area contributed by atoms with Crippen LogP contribution in [-0.4, -0.2) is 30.1 Å². The van der Waals surface area contributed by atoms with Crippen LogP contribution in [0.15, 0.2) is 48.5 Å². The predicted molar refractivity (Wildman–Crippen MR) is 123 cm³/mol. The largest absolute Gasteiger partial charge is 0.390 e. The molecule has 7 nitrogen and oxygen atoms in total. The molecule has 0 fully saturated rings. The second-order valence-electron chi connectivity index (χ2n) is 7.49. The molecule has 2 aromatic carbocycles. The Morgan fingerprint density at radius 1 is 1.09 bits per heavy atom. The summed E-state index contributed by atoms with van der Waals surface area (Å²) in [7, 11) is 0. The van der Waals surface area contributed by atoms with Crippen LogP contribution in [0.1, 0.15) is 42.5 Å². The number of nitrogens with zero attached hydrogens (tertiary/aromatic N) is 5. The van der Waals surface area contributed by atoms with E-state index in [-0.39, 0.29) is 12.3 Å². The number of hydrogen-bond donors (Lipinski definition) is 2. The molecule has 2 aromatic heterocycles. The molecule has 0 radical (unpaired) electrons. The lowest BCUT2D eigenvalue weighted by Gasteiger charge is -2.12. The number of aliphatic hydroxyl groups excluding tert-OH is 1. The Balaban J connectivity index is 1.65. The number of imidazole rings is 1. The van der Waals surface area contributed by atoms with Crippen LogP contribution in [0, 0.1) is 11.3 Å². The Morgan fingerprint density at radius 3 is 2.53 bits per heavy atom. The molecule has 32 heavy (non-hydrogen) atoms. The number of aromatic amines is 1. The molecule has 2 heterocycles. The number of halogens is 1. The van der Waals surface area contributed by atoms with E-state index in [4.69, 9.17) is 11.6 Å². The molecule has 2 N–H and O–H groups in total. The smallest absolute Gasteiger partial charge is 0.190 e. The minimum Gasteiger partial charge on any atom is -0.390 e. The molecule has 0 spiro atoms. The van der Waals surface area contributed by atoms with Crippen molar-refractivity contribution in [3.05, 3.63) is 76.5 Å². The molecule has 0 atom stereocenters. The average molecular weight is 447 g/mol. The summed E-state index contributed by atoms with van der Waals surface area (Å²) in [6.45, 7) is 2.57. The summed E-state index contributed by atoms with van der Waals surface area (Å²) in [6.07, 6.45) is 2.90. The molecule has 0 bridgehead atoms. The maximum atomic E-state index is 9.79. The normalized spacial score (nSPS) is 10.9. The van der Waals surface area contributed by atoms with Gasteiger partial charge in [0.1, 0.15) is 17.6 Å². The van der Waals surface area contributed by atoms with Gasteiger partial charge in [-0.2, -0.15) is 15.6 Å². The average Bonchev–Trinajstić information content (AvgIpc) is 3.42. The maximum absolute atomic E-state index is 9.79. The van der Waals surface area contributed by atoms with Gasteiger partial charge < -0.3 is 9.67 Å². The zero-order valence-electron chi connectivity index (χ0n) is 17.7. The van der Waals surface area contributed by atoms with E-state index in [1.165, 1.54) is 0 Å². The first-order valence-corrected chi connectivity index (χ1v) is 10.9. The second-order valence-corrected chi connectivity index (χ2v) is 7.85. The number of H-pyrrole nitrogens is 1. The standard InChI is InChI=1S/C24H23ClN6O/c1-2-3-8-22-27-24(25)21(15-32)31(22)14-16-9-11-17(12-10-16)18-6-4-5-7-19(18)23-20(13-26)28-30-29-23/h4-7,9-12,32H,2-3,8,14-15H2,1H3,(H,28,29,30). The first kappa shape index (κ1) is 21.8. The number of nitrogens with one attached hydrogen (secondary N) is 1. The third kappa shape index (κ3) is 4.28. The lowest BCUT2D eigenvalue weighted by Crippen LogP contribution is -2.09. The number of nitriles is 1. The first-order chi connectivity index (χ1) is 15.7. The topological polar surface area (TPSA) is 103 Å². The number of benzene rings is 2. The van der Waals surface area contributed by atoms with Crippen molar-refractivity contribution in [1.82, 2.24) is 25.0 Å². The second kappa shape index (κ2) is 9.77. The van der Waals surface area contributed by atoms with Gasteiger partial charge in [-0.1, -0.05) is 73.5 Å². The zero-order chi connectivity index (χ0) is 22.5. The summed E-state index contributed by atoms with van der Waals surface area (Å²) in [5.74, 6) is 0.894. The van der Waals surface area contributed by atoms with Crippen molar-refractivity contribution in [2.45, 2.75) is 39.3 Å². The van der Waals surface area contributed by atoms with Crippen LogP contribution in [0.25, 0.3) is 22.4 Å². The summed E-state index contributed by atoms with van der Waals surface area (Å²) in [5.41, 5.74) is 5.34. The summed E-state index contributed by atoms with van der Waals surface area (Å²) in [4.78, 5) is 4.46. The lowest BCUT2D eigenvalue weighted by atomic mass is 9.96. The number of hydrogen-bond acceptors (Lipinski definition) is 5. The Morgan fingerprint density at radius 2 is 1.84 bits per heavy atom. The zero-order valence-corrected chi connectivity index (χ0v) is 18.5. The highest BCUT2D eigenvalue weighted by molar-refractivity contribution is 6.30. The molecule has 0 saturated heterocycles. The van der Waals surface area contributed by atoms with Gasteiger partial charge in [0, 0.05) is 18.5 Å². The van der Waals surface area contributed by atoms with Crippen LogP contribution in [0.2, 0.25) is 5.15 Å². The van der Waals surface area contributed by atoms with E-state index >= 15 is 0 Å². The molecular weight excluding hydrogens is 424 g/mol. The minimum absolute atomic E-state index is 0.150. The van der Waals surface area contributed by atoms with Gasteiger partial charge in [-0.05, 0) is 23.1 Å². The molecule has 0 saturated carbocycles. The highest BCUT2D eigenvalue weighted by atomic mass is 35.5. The fourth-order valence-electron chi connectivity index (χ4n) is 3.78. The Bertz CT molecular complexity index is 1250. The van der Waals surface area contributed by atoms with Gasteiger partial charge in [0.25, 0.3) is 0 Å². The van der Waals surface area contributed by atoms with Gasteiger partial charge >= 0.3 is 0 Å². The van der Waals surface area contributed by atoms with Crippen LogP contribution < -0.4 is 0 Å². The lowest BCUT2D eigenvalue weighted by molar-refractivity contribution is 0.271. The molecule has 0 aliphatic heterocycles. The first-order valence-electron chi connectivity index (χ1n) is 10.5. The van der Waals surface area contributed by atoms with E-state index < -0.39 is 0 Å². The van der Waals surface area contributed by atoms with E-state index in [0.29, 0.717) is 23.1 Å². The minimum atomic E-state index is -0.150. The molecular formula is C24H23ClN6O. The Kier molecular flexibility index (Phi) is 6.64. The molecule has 4 rings (SSSR count). The van der Waals surface area contributed by atoms with Crippen LogP contribution >= 0.6 is 11.6 Å². The predicted octanol–water partition coefficient (Wildman–Crippen LogP) is 4.74. The van der Waals surface area contributed by atoms with Crippen molar-refractivity contribution in [3.63, 3.8) is 0 Å². The third-order valence-corrected chi connectivity index (χ3v) is 5.75. The quantitative estimate of drug-likeness (QED) is 0.406. The number of aryl methyl sites for hydroxylation is 1. The van der Waals surface area contributed by atoms with E-state index in [1.54, 1.807) is 0 Å². The molecule has 0 unspecified atom stereocenters. The molecule has 4 aromatic rings. The van der Waals surface area contributed by atoms with Crippen molar-refractivity contribution in [3.8, 4) is 28.5 Å². The van der Waals surface area contributed by atoms with Crippen molar-refractivity contribution in [2.24, 2.45) is 0 Å². The fraction of sp³-hybridized carbons (Fsp3) is 0.250. The van der Waals surface area contributed by atoms with Gasteiger partial charge in [-0.15, -0.1) is 5.10 Å². The summed E-state index contributed by atoms with van der Waals surface area (Å²) in [6, 6.07) is 18.1. The van der Waals surface area contributed by atoms with Crippen molar-refractivity contribution in [1.29, 1.82) is 5.26 Å². The SMILES string of the molecule is CCCCc1nc(Cl)c(CO)n1Cc1ccc(-c2ccccc2-c2n[nH]nc2C#N)cc1.